The Hall–Kier alpha value is -1.90. The monoisotopic (exact) mass is 382 g/mol. The maximum absolute atomic E-state index is 13.2. The van der Waals surface area contributed by atoms with E-state index in [4.69, 9.17) is 14.9 Å². The molecular formula is C20H26F2NO4+. The molecule has 1 atom stereocenters. The lowest BCUT2D eigenvalue weighted by atomic mass is 10.0. The van der Waals surface area contributed by atoms with E-state index in [1.807, 2.05) is 0 Å². The van der Waals surface area contributed by atoms with Crippen molar-refractivity contribution in [2.75, 3.05) is 39.5 Å². The third-order valence-corrected chi connectivity index (χ3v) is 4.26. The molecule has 0 unspecified atom stereocenters. The van der Waals surface area contributed by atoms with Gasteiger partial charge in [0.15, 0.2) is 0 Å². The highest BCUT2D eigenvalue weighted by molar-refractivity contribution is 5.30. The quantitative estimate of drug-likeness (QED) is 0.451. The molecule has 2 aromatic rings. The van der Waals surface area contributed by atoms with Crippen molar-refractivity contribution in [3.63, 3.8) is 0 Å². The Labute approximate surface area is 157 Å². The first-order valence-corrected chi connectivity index (χ1v) is 8.89. The van der Waals surface area contributed by atoms with Gasteiger partial charge in [-0.2, -0.15) is 0 Å². The van der Waals surface area contributed by atoms with Gasteiger partial charge >= 0.3 is 0 Å². The number of aliphatic hydroxyl groups is 3. The molecule has 2 aromatic carbocycles. The minimum Gasteiger partial charge on any atom is -0.391 e. The van der Waals surface area contributed by atoms with E-state index in [0.29, 0.717) is 30.8 Å². The molecular weight excluding hydrogens is 356 g/mol. The van der Waals surface area contributed by atoms with E-state index < -0.39 is 12.2 Å². The number of nitrogens with one attached hydrogen (secondary N) is 1. The molecule has 0 fully saturated rings. The summed E-state index contributed by atoms with van der Waals surface area (Å²) in [6.45, 7) is 1.04. The minimum absolute atomic E-state index is 0.000222. The minimum atomic E-state index is -0.818. The predicted octanol–water partition coefficient (Wildman–Crippen LogP) is 0.301. The molecule has 0 aliphatic carbocycles. The third kappa shape index (κ3) is 6.97. The van der Waals surface area contributed by atoms with Gasteiger partial charge in [-0.1, -0.05) is 24.3 Å². The Balaban J connectivity index is 2.07. The standard InChI is InChI=1S/C20H25F2NO4/c21-17-5-1-15(2-6-17)20(16-3-7-18(22)8-4-16)27-14-19(26)13-23(9-11-24)10-12-25/h1-8,19-20,24-26H,9-14H2/p+1/t19-/m1/s1. The van der Waals surface area contributed by atoms with Crippen molar-refractivity contribution in [1.82, 2.24) is 0 Å². The molecule has 0 heterocycles. The Kier molecular flexibility index (Phi) is 8.77. The van der Waals surface area contributed by atoms with Crippen LogP contribution in [0.4, 0.5) is 8.78 Å². The fourth-order valence-electron chi connectivity index (χ4n) is 2.90. The molecule has 0 aromatic heterocycles. The van der Waals surface area contributed by atoms with Crippen molar-refractivity contribution in [1.29, 1.82) is 0 Å². The van der Waals surface area contributed by atoms with Gasteiger partial charge in [-0.15, -0.1) is 0 Å². The van der Waals surface area contributed by atoms with E-state index >= 15 is 0 Å². The van der Waals surface area contributed by atoms with Crippen LogP contribution in [0.5, 0.6) is 0 Å². The number of benzene rings is 2. The molecule has 0 saturated heterocycles. The number of hydrogen-bond donors (Lipinski definition) is 4. The molecule has 0 aliphatic rings. The van der Waals surface area contributed by atoms with Gasteiger partial charge in [-0.05, 0) is 35.4 Å². The first-order valence-electron chi connectivity index (χ1n) is 8.89. The highest BCUT2D eigenvalue weighted by Gasteiger charge is 2.20. The van der Waals surface area contributed by atoms with Crippen molar-refractivity contribution in [3.8, 4) is 0 Å². The normalized spacial score (nSPS) is 12.7. The zero-order valence-corrected chi connectivity index (χ0v) is 15.0. The van der Waals surface area contributed by atoms with Crippen LogP contribution in [-0.4, -0.2) is 60.9 Å². The molecule has 5 nitrogen and oxygen atoms in total. The third-order valence-electron chi connectivity index (χ3n) is 4.26. The van der Waals surface area contributed by atoms with Crippen LogP contribution in [0.15, 0.2) is 48.5 Å². The average molecular weight is 382 g/mol. The maximum Gasteiger partial charge on any atom is 0.126 e. The van der Waals surface area contributed by atoms with Crippen molar-refractivity contribution < 1.29 is 33.7 Å². The lowest BCUT2D eigenvalue weighted by Gasteiger charge is -2.24. The first-order chi connectivity index (χ1) is 13.0. The van der Waals surface area contributed by atoms with Crippen LogP contribution in [0.1, 0.15) is 17.2 Å². The van der Waals surface area contributed by atoms with Crippen molar-refractivity contribution >= 4 is 0 Å². The molecule has 0 radical (unpaired) electrons. The molecule has 4 N–H and O–H groups in total. The summed E-state index contributed by atoms with van der Waals surface area (Å²) < 4.78 is 32.3. The molecule has 7 heteroatoms. The van der Waals surface area contributed by atoms with E-state index in [2.05, 4.69) is 0 Å². The summed E-state index contributed by atoms with van der Waals surface area (Å²) in [6.07, 6.45) is -1.40. The van der Waals surface area contributed by atoms with Gasteiger partial charge in [0.2, 0.25) is 0 Å². The van der Waals surface area contributed by atoms with Gasteiger partial charge in [0.1, 0.15) is 43.5 Å². The highest BCUT2D eigenvalue weighted by Crippen LogP contribution is 2.26. The summed E-state index contributed by atoms with van der Waals surface area (Å²) in [5.74, 6) is -0.743. The van der Waals surface area contributed by atoms with Crippen molar-refractivity contribution in [3.05, 3.63) is 71.3 Å². The number of aliphatic hydroxyl groups excluding tert-OH is 3. The van der Waals surface area contributed by atoms with Crippen LogP contribution in [-0.2, 0) is 4.74 Å². The van der Waals surface area contributed by atoms with E-state index in [1.165, 1.54) is 24.3 Å². The van der Waals surface area contributed by atoms with Crippen LogP contribution in [0.3, 0.4) is 0 Å². The van der Waals surface area contributed by atoms with Crippen LogP contribution in [0.25, 0.3) is 0 Å². The van der Waals surface area contributed by atoms with Crippen LogP contribution >= 0.6 is 0 Å². The fraction of sp³-hybridized carbons (Fsp3) is 0.400. The second kappa shape index (κ2) is 11.1. The molecule has 2 rings (SSSR count). The highest BCUT2D eigenvalue weighted by atomic mass is 19.1. The van der Waals surface area contributed by atoms with Crippen LogP contribution in [0, 0.1) is 11.6 Å². The Bertz CT molecular complexity index is 615. The van der Waals surface area contributed by atoms with Gasteiger partial charge < -0.3 is 25.0 Å². The zero-order valence-electron chi connectivity index (χ0n) is 15.0. The molecule has 0 bridgehead atoms. The largest absolute Gasteiger partial charge is 0.391 e. The SMILES string of the molecule is OCC[NH+](CCO)C[C@@H](O)COC(c1ccc(F)cc1)c1ccc(F)cc1. The second-order valence-corrected chi connectivity index (χ2v) is 6.37. The number of hydrogen-bond acceptors (Lipinski definition) is 4. The summed E-state index contributed by atoms with van der Waals surface area (Å²) >= 11 is 0. The lowest BCUT2D eigenvalue weighted by molar-refractivity contribution is -0.904. The van der Waals surface area contributed by atoms with E-state index in [-0.39, 0.29) is 31.5 Å². The van der Waals surface area contributed by atoms with Crippen molar-refractivity contribution in [2.45, 2.75) is 12.2 Å². The summed E-state index contributed by atoms with van der Waals surface area (Å²) in [7, 11) is 0. The molecule has 0 spiro atoms. The van der Waals surface area contributed by atoms with E-state index in [9.17, 15) is 13.9 Å². The molecule has 0 saturated carbocycles. The van der Waals surface area contributed by atoms with Crippen molar-refractivity contribution in [2.24, 2.45) is 0 Å². The number of halogens is 2. The molecule has 148 valence electrons. The smallest absolute Gasteiger partial charge is 0.126 e. The van der Waals surface area contributed by atoms with E-state index in [0.717, 1.165) is 4.90 Å². The van der Waals surface area contributed by atoms with Gasteiger partial charge in [-0.25, -0.2) is 8.78 Å². The first kappa shape index (κ1) is 21.4. The predicted molar refractivity (Wildman–Crippen MR) is 96.3 cm³/mol. The number of ether oxygens (including phenoxy) is 1. The summed E-state index contributed by atoms with van der Waals surface area (Å²) in [5, 5.41) is 28.4. The van der Waals surface area contributed by atoms with Gasteiger partial charge in [0.05, 0.1) is 19.8 Å². The lowest BCUT2D eigenvalue weighted by Crippen LogP contribution is -3.14. The van der Waals surface area contributed by atoms with Crippen LogP contribution < -0.4 is 4.90 Å². The summed E-state index contributed by atoms with van der Waals surface area (Å²) in [5.41, 5.74) is 1.37. The van der Waals surface area contributed by atoms with Crippen LogP contribution in [0.2, 0.25) is 0 Å². The molecule has 0 aliphatic heterocycles. The fourth-order valence-corrected chi connectivity index (χ4v) is 2.90. The average Bonchev–Trinajstić information content (AvgIpc) is 2.65. The topological polar surface area (TPSA) is 74.4 Å². The van der Waals surface area contributed by atoms with Gasteiger partial charge in [0, 0.05) is 0 Å². The Morgan fingerprint density at radius 1 is 0.815 bits per heavy atom. The Morgan fingerprint density at radius 3 is 1.67 bits per heavy atom. The summed E-state index contributed by atoms with van der Waals surface area (Å²) in [4.78, 5) is 0.858. The van der Waals surface area contributed by atoms with E-state index in [1.54, 1.807) is 24.3 Å². The molecule has 0 amide bonds. The number of quaternary nitrogens is 1. The zero-order chi connectivity index (χ0) is 19.6. The second-order valence-electron chi connectivity index (χ2n) is 6.37. The Morgan fingerprint density at radius 2 is 1.26 bits per heavy atom. The molecule has 27 heavy (non-hydrogen) atoms. The summed E-state index contributed by atoms with van der Waals surface area (Å²) in [6, 6.07) is 11.6. The van der Waals surface area contributed by atoms with Gasteiger partial charge in [0.25, 0.3) is 0 Å². The maximum atomic E-state index is 13.2. The van der Waals surface area contributed by atoms with Gasteiger partial charge in [-0.3, -0.25) is 0 Å². The number of rotatable bonds is 11.